The fourth-order valence-corrected chi connectivity index (χ4v) is 6.83. The molecule has 0 aliphatic carbocycles. The largest absolute Gasteiger partial charge is 0.497 e. The minimum atomic E-state index is -0.733. The average molecular weight is 530 g/mol. The van der Waals surface area contributed by atoms with Crippen molar-refractivity contribution in [3.63, 3.8) is 0 Å². The predicted molar refractivity (Wildman–Crippen MR) is 145 cm³/mol. The number of rotatable bonds is 13. The van der Waals surface area contributed by atoms with E-state index in [1.54, 1.807) is 36.4 Å². The van der Waals surface area contributed by atoms with Gasteiger partial charge in [0.2, 0.25) is 0 Å². The van der Waals surface area contributed by atoms with Gasteiger partial charge in [-0.15, -0.1) is 11.3 Å². The Morgan fingerprint density at radius 3 is 2.92 bits per heavy atom. The molecule has 3 atom stereocenters. The van der Waals surface area contributed by atoms with E-state index in [0.717, 1.165) is 71.2 Å². The fraction of sp³-hybridized carbons (Fsp3) is 0.519. The maximum atomic E-state index is 11.3. The Kier molecular flexibility index (Phi) is 9.98. The second kappa shape index (κ2) is 13.4. The van der Waals surface area contributed by atoms with Crippen LogP contribution in [-0.2, 0) is 4.79 Å². The van der Waals surface area contributed by atoms with Crippen LogP contribution in [0.25, 0.3) is 10.9 Å². The van der Waals surface area contributed by atoms with Crippen LogP contribution in [0.5, 0.6) is 5.75 Å². The molecule has 2 aromatic heterocycles. The number of ether oxygens (including phenoxy) is 1. The molecule has 3 aromatic rings. The molecule has 1 aromatic carbocycles. The molecule has 3 heterocycles. The molecule has 9 heteroatoms. The Morgan fingerprint density at radius 1 is 1.25 bits per heavy atom. The van der Waals surface area contributed by atoms with Gasteiger partial charge in [-0.05, 0) is 86.9 Å². The summed E-state index contributed by atoms with van der Waals surface area (Å²) in [5.74, 6) is 1.81. The van der Waals surface area contributed by atoms with Crippen molar-refractivity contribution in [2.75, 3.05) is 32.5 Å². The molecule has 0 radical (unpaired) electrons. The van der Waals surface area contributed by atoms with Crippen molar-refractivity contribution >= 4 is 40.0 Å². The molecule has 4 rings (SSSR count). The number of pyridine rings is 1. The first-order valence-electron chi connectivity index (χ1n) is 12.6. The summed E-state index contributed by atoms with van der Waals surface area (Å²) in [7, 11) is 1.64. The zero-order valence-electron chi connectivity index (χ0n) is 20.7. The average Bonchev–Trinajstić information content (AvgIpc) is 3.42. The Bertz CT molecular complexity index is 1110. The summed E-state index contributed by atoms with van der Waals surface area (Å²) in [5.41, 5.74) is 1.71. The summed E-state index contributed by atoms with van der Waals surface area (Å²) in [6, 6.07) is 7.62. The predicted octanol–water partition coefficient (Wildman–Crippen LogP) is 5.50. The van der Waals surface area contributed by atoms with Crippen LogP contribution in [0.2, 0.25) is 0 Å². The third-order valence-electron chi connectivity index (χ3n) is 7.11. The molecule has 36 heavy (non-hydrogen) atoms. The number of benzene rings is 1. The topological polar surface area (TPSA) is 95.8 Å². The van der Waals surface area contributed by atoms with Crippen LogP contribution >= 0.6 is 23.1 Å². The highest BCUT2D eigenvalue weighted by Gasteiger charge is 2.30. The van der Waals surface area contributed by atoms with Crippen molar-refractivity contribution in [3.8, 4) is 5.75 Å². The number of carbonyl (C=O) groups is 1. The Hall–Kier alpha value is -2.20. The molecule has 1 fully saturated rings. The summed E-state index contributed by atoms with van der Waals surface area (Å²) in [4.78, 5) is 22.5. The number of thioether (sulfide) groups is 1. The first-order chi connectivity index (χ1) is 17.5. The molecule has 0 amide bonds. The molecular formula is C27H35N3O4S2. The monoisotopic (exact) mass is 529 g/mol. The van der Waals surface area contributed by atoms with Crippen LogP contribution < -0.4 is 4.74 Å². The SMILES string of the molecule is COc1ccc2nccc(C(O)CC[C@@H]3CCN(CCCSc4nccs4)C[C@@H]3CCC(=O)O)c2c1. The number of aliphatic carboxylic acids is 1. The van der Waals surface area contributed by atoms with Crippen LogP contribution in [0.3, 0.4) is 0 Å². The molecule has 0 spiro atoms. The molecule has 1 unspecified atom stereocenters. The smallest absolute Gasteiger partial charge is 0.303 e. The number of methoxy groups -OCH3 is 1. The first-order valence-corrected chi connectivity index (χ1v) is 14.5. The van der Waals surface area contributed by atoms with E-state index in [0.29, 0.717) is 24.7 Å². The lowest BCUT2D eigenvalue weighted by Gasteiger charge is -2.39. The van der Waals surface area contributed by atoms with Gasteiger partial charge in [0.05, 0.1) is 18.7 Å². The lowest BCUT2D eigenvalue weighted by molar-refractivity contribution is -0.137. The summed E-state index contributed by atoms with van der Waals surface area (Å²) < 4.78 is 6.49. The van der Waals surface area contributed by atoms with Crippen molar-refractivity contribution in [1.82, 2.24) is 14.9 Å². The molecule has 1 aliphatic heterocycles. The van der Waals surface area contributed by atoms with Gasteiger partial charge in [0, 0.05) is 41.9 Å². The molecular weight excluding hydrogens is 494 g/mol. The van der Waals surface area contributed by atoms with Crippen LogP contribution in [0, 0.1) is 11.8 Å². The first kappa shape index (κ1) is 26.9. The number of aromatic nitrogens is 2. The summed E-state index contributed by atoms with van der Waals surface area (Å²) in [6.45, 7) is 3.00. The van der Waals surface area contributed by atoms with Crippen LogP contribution in [0.15, 0.2) is 46.4 Å². The Labute approximate surface area is 220 Å². The van der Waals surface area contributed by atoms with Crippen molar-refractivity contribution in [2.24, 2.45) is 11.8 Å². The highest BCUT2D eigenvalue weighted by atomic mass is 32.2. The number of fused-ring (bicyclic) bond motifs is 1. The summed E-state index contributed by atoms with van der Waals surface area (Å²) >= 11 is 3.49. The van der Waals surface area contributed by atoms with Crippen LogP contribution in [0.1, 0.15) is 50.2 Å². The van der Waals surface area contributed by atoms with E-state index >= 15 is 0 Å². The Morgan fingerprint density at radius 2 is 2.14 bits per heavy atom. The Balaban J connectivity index is 1.33. The highest BCUT2D eigenvalue weighted by Crippen LogP contribution is 2.35. The second-order valence-corrected chi connectivity index (χ2v) is 11.7. The number of hydrogen-bond donors (Lipinski definition) is 2. The normalized spacial score (nSPS) is 19.4. The van der Waals surface area contributed by atoms with Gasteiger partial charge in [0.1, 0.15) is 10.1 Å². The van der Waals surface area contributed by atoms with Gasteiger partial charge in [-0.2, -0.15) is 0 Å². The number of thiazole rings is 1. The molecule has 194 valence electrons. The number of aliphatic hydroxyl groups excluding tert-OH is 1. The number of nitrogens with zero attached hydrogens (tertiary/aromatic N) is 3. The van der Waals surface area contributed by atoms with E-state index in [2.05, 4.69) is 14.9 Å². The number of carboxylic acid groups (broad SMARTS) is 1. The number of piperidine rings is 1. The zero-order valence-corrected chi connectivity index (χ0v) is 22.3. The maximum Gasteiger partial charge on any atom is 0.303 e. The van der Waals surface area contributed by atoms with Crippen molar-refractivity contribution in [3.05, 3.63) is 47.6 Å². The molecule has 1 aliphatic rings. The van der Waals surface area contributed by atoms with Crippen molar-refractivity contribution in [1.29, 1.82) is 0 Å². The third kappa shape index (κ3) is 7.41. The second-order valence-electron chi connectivity index (χ2n) is 9.42. The molecule has 1 saturated heterocycles. The van der Waals surface area contributed by atoms with Gasteiger partial charge in [0.15, 0.2) is 0 Å². The van der Waals surface area contributed by atoms with Crippen LogP contribution in [0.4, 0.5) is 0 Å². The van der Waals surface area contributed by atoms with E-state index in [1.165, 1.54) is 0 Å². The summed E-state index contributed by atoms with van der Waals surface area (Å²) in [6.07, 6.45) is 7.55. The molecule has 0 bridgehead atoms. The van der Waals surface area contributed by atoms with E-state index < -0.39 is 12.1 Å². The molecule has 2 N–H and O–H groups in total. The third-order valence-corrected chi connectivity index (χ3v) is 9.16. The van der Waals surface area contributed by atoms with Gasteiger partial charge in [-0.3, -0.25) is 9.78 Å². The standard InChI is InChI=1S/C27H35N3O4S2/c1-34-21-5-6-24-23(17-21)22(9-11-28-24)25(31)7-3-19-10-14-30(18-20(19)4-8-26(32)33)13-2-15-35-27-29-12-16-36-27/h5-6,9,11-12,16-17,19-20,25,31H,2-4,7-8,10,13-15,18H2,1H3,(H,32,33)/t19-,20+,25?/m1/s1. The van der Waals surface area contributed by atoms with Gasteiger partial charge in [0.25, 0.3) is 0 Å². The van der Waals surface area contributed by atoms with Gasteiger partial charge in [-0.1, -0.05) is 11.8 Å². The minimum Gasteiger partial charge on any atom is -0.497 e. The molecule has 7 nitrogen and oxygen atoms in total. The van der Waals surface area contributed by atoms with E-state index in [1.807, 2.05) is 35.8 Å². The maximum absolute atomic E-state index is 11.3. The summed E-state index contributed by atoms with van der Waals surface area (Å²) in [5, 5.41) is 23.3. The highest BCUT2D eigenvalue weighted by molar-refractivity contribution is 8.00. The van der Waals surface area contributed by atoms with Crippen molar-refractivity contribution in [2.45, 2.75) is 49.0 Å². The molecule has 0 saturated carbocycles. The quantitative estimate of drug-likeness (QED) is 0.221. The van der Waals surface area contributed by atoms with E-state index in [9.17, 15) is 15.0 Å². The number of carboxylic acids is 1. The minimum absolute atomic E-state index is 0.201. The van der Waals surface area contributed by atoms with Crippen molar-refractivity contribution < 1.29 is 19.7 Å². The van der Waals surface area contributed by atoms with Crippen LogP contribution in [-0.4, -0.2) is 63.5 Å². The van der Waals surface area contributed by atoms with Gasteiger partial charge >= 0.3 is 5.97 Å². The van der Waals surface area contributed by atoms with Gasteiger partial charge < -0.3 is 19.8 Å². The number of hydrogen-bond acceptors (Lipinski definition) is 8. The van der Waals surface area contributed by atoms with E-state index in [-0.39, 0.29) is 6.42 Å². The number of aliphatic hydroxyl groups is 1. The lowest BCUT2D eigenvalue weighted by Crippen LogP contribution is -2.41. The van der Waals surface area contributed by atoms with Gasteiger partial charge in [-0.25, -0.2) is 4.98 Å². The van der Waals surface area contributed by atoms with E-state index in [4.69, 9.17) is 4.74 Å². The number of likely N-dealkylation sites (tertiary alicyclic amines) is 1. The lowest BCUT2D eigenvalue weighted by atomic mass is 9.79. The zero-order chi connectivity index (χ0) is 25.3. The fourth-order valence-electron chi connectivity index (χ4n) is 5.20.